The van der Waals surface area contributed by atoms with Gasteiger partial charge in [0.1, 0.15) is 0 Å². The highest BCUT2D eigenvalue weighted by Gasteiger charge is 2.03. The highest BCUT2D eigenvalue weighted by atomic mass is 35.5. The van der Waals surface area contributed by atoms with Crippen molar-refractivity contribution in [2.24, 2.45) is 0 Å². The maximum atomic E-state index is 11.6. The van der Waals surface area contributed by atoms with E-state index in [1.165, 1.54) is 18.4 Å². The molecule has 0 bridgehead atoms. The van der Waals surface area contributed by atoms with Crippen LogP contribution in [0.15, 0.2) is 35.9 Å². The van der Waals surface area contributed by atoms with Crippen LogP contribution in [0.4, 0.5) is 0 Å². The van der Waals surface area contributed by atoms with E-state index in [4.69, 9.17) is 11.6 Å². The third-order valence-corrected chi connectivity index (χ3v) is 2.82. The van der Waals surface area contributed by atoms with Gasteiger partial charge >= 0.3 is 0 Å². The van der Waals surface area contributed by atoms with Crippen molar-refractivity contribution < 1.29 is 4.79 Å². The predicted molar refractivity (Wildman–Crippen MR) is 76.8 cm³/mol. The molecule has 98 valence electrons. The van der Waals surface area contributed by atoms with E-state index in [0.29, 0.717) is 18.0 Å². The summed E-state index contributed by atoms with van der Waals surface area (Å²) in [5, 5.41) is 3.15. The minimum absolute atomic E-state index is 0.0295. The summed E-state index contributed by atoms with van der Waals surface area (Å²) in [5.41, 5.74) is 2.35. The van der Waals surface area contributed by atoms with Crippen molar-refractivity contribution in [3.8, 4) is 0 Å². The molecule has 0 heterocycles. The number of benzene rings is 1. The second-order valence-electron chi connectivity index (χ2n) is 4.39. The van der Waals surface area contributed by atoms with Gasteiger partial charge in [-0.2, -0.15) is 0 Å². The average molecular weight is 266 g/mol. The quantitative estimate of drug-likeness (QED) is 0.804. The average Bonchev–Trinajstić information content (AvgIpc) is 2.35. The van der Waals surface area contributed by atoms with Crippen molar-refractivity contribution in [1.29, 1.82) is 0 Å². The lowest BCUT2D eigenvalue weighted by atomic mass is 10.0. The van der Waals surface area contributed by atoms with Gasteiger partial charge in [-0.15, -0.1) is 0 Å². The maximum Gasteiger partial charge on any atom is 0.224 e. The molecule has 0 radical (unpaired) electrons. The van der Waals surface area contributed by atoms with Crippen LogP contribution in [0.5, 0.6) is 0 Å². The van der Waals surface area contributed by atoms with Crippen molar-refractivity contribution >= 4 is 17.5 Å². The van der Waals surface area contributed by atoms with Gasteiger partial charge in [-0.1, -0.05) is 55.8 Å². The molecule has 1 aromatic rings. The Balaban J connectivity index is 2.42. The molecule has 1 N–H and O–H groups in total. The Morgan fingerprint density at radius 3 is 2.44 bits per heavy atom. The minimum atomic E-state index is -0.0295. The van der Waals surface area contributed by atoms with Gasteiger partial charge in [-0.05, 0) is 24.0 Å². The van der Waals surface area contributed by atoms with Gasteiger partial charge in [0.05, 0.1) is 13.0 Å². The summed E-state index contributed by atoms with van der Waals surface area (Å²) in [5.74, 6) is -0.0295. The van der Waals surface area contributed by atoms with E-state index < -0.39 is 0 Å². The number of halogens is 1. The Bertz CT molecular complexity index is 397. The summed E-state index contributed by atoms with van der Waals surface area (Å²) in [6.07, 6.45) is 3.90. The molecule has 3 heteroatoms. The third-order valence-electron chi connectivity index (χ3n) is 2.68. The number of aryl methyl sites for hydroxylation is 1. The van der Waals surface area contributed by atoms with Crippen LogP contribution in [0.2, 0.25) is 0 Å². The van der Waals surface area contributed by atoms with Gasteiger partial charge < -0.3 is 5.32 Å². The zero-order valence-electron chi connectivity index (χ0n) is 10.8. The highest BCUT2D eigenvalue weighted by Crippen LogP contribution is 2.08. The number of rotatable bonds is 7. The summed E-state index contributed by atoms with van der Waals surface area (Å²) in [6, 6.07) is 8.22. The molecule has 18 heavy (non-hydrogen) atoms. The van der Waals surface area contributed by atoms with Crippen LogP contribution in [0.25, 0.3) is 0 Å². The normalized spacial score (nSPS) is 10.1. The summed E-state index contributed by atoms with van der Waals surface area (Å²) >= 11 is 5.58. The van der Waals surface area contributed by atoms with Gasteiger partial charge in [0.2, 0.25) is 5.91 Å². The number of hydrogen-bond acceptors (Lipinski definition) is 1. The van der Waals surface area contributed by atoms with Crippen LogP contribution in [0.1, 0.15) is 30.9 Å². The first kappa shape index (κ1) is 14.8. The minimum Gasteiger partial charge on any atom is -0.351 e. The lowest BCUT2D eigenvalue weighted by Crippen LogP contribution is -2.26. The van der Waals surface area contributed by atoms with E-state index in [9.17, 15) is 4.79 Å². The lowest BCUT2D eigenvalue weighted by Gasteiger charge is -2.05. The monoisotopic (exact) mass is 265 g/mol. The Morgan fingerprint density at radius 2 is 1.89 bits per heavy atom. The summed E-state index contributed by atoms with van der Waals surface area (Å²) in [7, 11) is 0. The third kappa shape index (κ3) is 5.87. The first-order valence-electron chi connectivity index (χ1n) is 6.29. The van der Waals surface area contributed by atoms with Gasteiger partial charge in [-0.3, -0.25) is 4.79 Å². The van der Waals surface area contributed by atoms with Crippen molar-refractivity contribution in [3.05, 3.63) is 47.0 Å². The first-order chi connectivity index (χ1) is 8.61. The second kappa shape index (κ2) is 7.93. The second-order valence-corrected chi connectivity index (χ2v) is 4.93. The fourth-order valence-electron chi connectivity index (χ4n) is 1.65. The first-order valence-corrected chi connectivity index (χ1v) is 6.67. The van der Waals surface area contributed by atoms with E-state index in [1.54, 1.807) is 0 Å². The maximum absolute atomic E-state index is 11.6. The number of amides is 1. The van der Waals surface area contributed by atoms with Gasteiger partial charge in [0, 0.05) is 5.03 Å². The standard InChI is InChI=1S/C15H20ClNO/c1-3-4-5-13-6-8-14(9-7-13)10-15(18)17-11-12(2)16/h6-9H,2-5,10-11H2,1H3,(H,17,18). The molecule has 0 unspecified atom stereocenters. The molecule has 1 aromatic carbocycles. The summed E-state index contributed by atoms with van der Waals surface area (Å²) in [4.78, 5) is 11.6. The number of hydrogen-bond donors (Lipinski definition) is 1. The Hall–Kier alpha value is -1.28. The van der Waals surface area contributed by atoms with E-state index in [2.05, 4.69) is 31.0 Å². The van der Waals surface area contributed by atoms with E-state index >= 15 is 0 Å². The molecule has 1 amide bonds. The SMILES string of the molecule is C=C(Cl)CNC(=O)Cc1ccc(CCCC)cc1. The molecule has 0 atom stereocenters. The molecule has 0 aliphatic carbocycles. The van der Waals surface area contributed by atoms with Crippen LogP contribution in [0, 0.1) is 0 Å². The van der Waals surface area contributed by atoms with Crippen LogP contribution >= 0.6 is 11.6 Å². The highest BCUT2D eigenvalue weighted by molar-refractivity contribution is 6.29. The Morgan fingerprint density at radius 1 is 1.28 bits per heavy atom. The Labute approximate surface area is 114 Å². The molecule has 0 saturated carbocycles. The number of nitrogens with one attached hydrogen (secondary N) is 1. The molecule has 2 nitrogen and oxygen atoms in total. The largest absolute Gasteiger partial charge is 0.351 e. The predicted octanol–water partition coefficient (Wildman–Crippen LogP) is 3.44. The molecule has 0 saturated heterocycles. The molecule has 0 spiro atoms. The fourth-order valence-corrected chi connectivity index (χ4v) is 1.71. The molecule has 0 aromatic heterocycles. The van der Waals surface area contributed by atoms with Crippen molar-refractivity contribution in [2.45, 2.75) is 32.6 Å². The Kier molecular flexibility index (Phi) is 6.51. The molecule has 1 rings (SSSR count). The van der Waals surface area contributed by atoms with Crippen LogP contribution in [-0.4, -0.2) is 12.5 Å². The van der Waals surface area contributed by atoms with Crippen molar-refractivity contribution in [2.75, 3.05) is 6.54 Å². The van der Waals surface area contributed by atoms with E-state index in [-0.39, 0.29) is 5.91 Å². The molecule has 0 aliphatic rings. The van der Waals surface area contributed by atoms with Crippen LogP contribution in [-0.2, 0) is 17.6 Å². The van der Waals surface area contributed by atoms with Crippen LogP contribution < -0.4 is 5.32 Å². The molecule has 0 aliphatic heterocycles. The summed E-state index contributed by atoms with van der Waals surface area (Å²) in [6.45, 7) is 6.04. The topological polar surface area (TPSA) is 29.1 Å². The lowest BCUT2D eigenvalue weighted by molar-refractivity contribution is -0.120. The number of unbranched alkanes of at least 4 members (excludes halogenated alkanes) is 1. The number of carbonyl (C=O) groups is 1. The van der Waals surface area contributed by atoms with E-state index in [0.717, 1.165) is 12.0 Å². The molecule has 0 fully saturated rings. The smallest absolute Gasteiger partial charge is 0.224 e. The zero-order valence-corrected chi connectivity index (χ0v) is 11.6. The van der Waals surface area contributed by atoms with Crippen molar-refractivity contribution in [3.63, 3.8) is 0 Å². The van der Waals surface area contributed by atoms with Crippen molar-refractivity contribution in [1.82, 2.24) is 5.32 Å². The summed E-state index contributed by atoms with van der Waals surface area (Å²) < 4.78 is 0. The van der Waals surface area contributed by atoms with Gasteiger partial charge in [-0.25, -0.2) is 0 Å². The molecular weight excluding hydrogens is 246 g/mol. The van der Waals surface area contributed by atoms with Gasteiger partial charge in [0.15, 0.2) is 0 Å². The fraction of sp³-hybridized carbons (Fsp3) is 0.400. The van der Waals surface area contributed by atoms with E-state index in [1.807, 2.05) is 12.1 Å². The number of carbonyl (C=O) groups excluding carboxylic acids is 1. The zero-order chi connectivity index (χ0) is 13.4. The van der Waals surface area contributed by atoms with Crippen LogP contribution in [0.3, 0.4) is 0 Å². The van der Waals surface area contributed by atoms with Gasteiger partial charge in [0.25, 0.3) is 0 Å². The molecular formula is C15H20ClNO.